The van der Waals surface area contributed by atoms with Crippen LogP contribution in [0.5, 0.6) is 0 Å². The molecule has 0 atom stereocenters. The average molecular weight is 351 g/mol. The van der Waals surface area contributed by atoms with E-state index in [0.29, 0.717) is 0 Å². The van der Waals surface area contributed by atoms with Crippen LogP contribution in [0.3, 0.4) is 0 Å². The van der Waals surface area contributed by atoms with E-state index in [-0.39, 0.29) is 0 Å². The second-order valence-corrected chi connectivity index (χ2v) is 6.51. The van der Waals surface area contributed by atoms with Crippen LogP contribution in [-0.2, 0) is 0 Å². The van der Waals surface area contributed by atoms with Gasteiger partial charge in [0.05, 0.1) is 0 Å². The third kappa shape index (κ3) is 2.69. The highest BCUT2D eigenvalue weighted by Gasteiger charge is 2.15. The van der Waals surface area contributed by atoms with Crippen molar-refractivity contribution >= 4 is 27.9 Å². The highest BCUT2D eigenvalue weighted by Crippen LogP contribution is 2.29. The van der Waals surface area contributed by atoms with Gasteiger partial charge in [0, 0.05) is 22.0 Å². The zero-order chi connectivity index (χ0) is 18.2. The lowest BCUT2D eigenvalue weighted by Crippen LogP contribution is -2.02. The minimum atomic E-state index is 0.725. The number of nitrogens with zero attached hydrogens (tertiary/aromatic N) is 4. The Morgan fingerprint density at radius 3 is 2.22 bits per heavy atom. The van der Waals surface area contributed by atoms with Crippen LogP contribution in [0.25, 0.3) is 27.8 Å². The molecule has 5 heteroatoms. The maximum Gasteiger partial charge on any atom is 0.186 e. The van der Waals surface area contributed by atoms with Gasteiger partial charge < -0.3 is 5.32 Å². The number of hydrogen-bond acceptors (Lipinski definition) is 4. The largest absolute Gasteiger partial charge is 0.338 e. The first-order valence-electron chi connectivity index (χ1n) is 8.83. The molecule has 0 amide bonds. The Balaban J connectivity index is 1.74. The lowest BCUT2D eigenvalue weighted by molar-refractivity contribution is 0.951. The normalized spacial score (nSPS) is 11.1. The molecule has 27 heavy (non-hydrogen) atoms. The average Bonchev–Trinajstić information content (AvgIpc) is 3.14. The minimum Gasteiger partial charge on any atom is -0.338 e. The van der Waals surface area contributed by atoms with E-state index in [1.54, 1.807) is 0 Å². The van der Waals surface area contributed by atoms with Crippen molar-refractivity contribution in [3.05, 3.63) is 84.4 Å². The summed E-state index contributed by atoms with van der Waals surface area (Å²) in [7, 11) is 0. The maximum absolute atomic E-state index is 4.84. The van der Waals surface area contributed by atoms with Crippen molar-refractivity contribution in [1.29, 1.82) is 0 Å². The van der Waals surface area contributed by atoms with Crippen LogP contribution in [0, 0.1) is 6.92 Å². The smallest absolute Gasteiger partial charge is 0.186 e. The van der Waals surface area contributed by atoms with Gasteiger partial charge in [-0.1, -0.05) is 72.3 Å². The number of fused-ring (bicyclic) bond motifs is 3. The monoisotopic (exact) mass is 351 g/mol. The molecular formula is C22H17N5. The molecule has 0 radical (unpaired) electrons. The fraction of sp³-hybridized carbons (Fsp3) is 0.0455. The van der Waals surface area contributed by atoms with E-state index in [0.717, 1.165) is 39.3 Å². The summed E-state index contributed by atoms with van der Waals surface area (Å²) in [5, 5.41) is 19.1. The van der Waals surface area contributed by atoms with Crippen LogP contribution in [0.1, 0.15) is 5.56 Å². The van der Waals surface area contributed by atoms with Crippen LogP contribution in [0.15, 0.2) is 78.9 Å². The first-order valence-corrected chi connectivity index (χ1v) is 8.83. The molecule has 0 unspecified atom stereocenters. The molecule has 0 saturated carbocycles. The fourth-order valence-electron chi connectivity index (χ4n) is 3.21. The Kier molecular flexibility index (Phi) is 3.57. The maximum atomic E-state index is 4.84. The van der Waals surface area contributed by atoms with Gasteiger partial charge >= 0.3 is 0 Å². The van der Waals surface area contributed by atoms with Gasteiger partial charge in [0.2, 0.25) is 0 Å². The predicted octanol–water partition coefficient (Wildman–Crippen LogP) is 5.00. The van der Waals surface area contributed by atoms with E-state index in [1.807, 2.05) is 47.0 Å². The molecule has 5 rings (SSSR count). The Morgan fingerprint density at radius 1 is 0.741 bits per heavy atom. The number of nitrogens with one attached hydrogen (secondary N) is 1. The van der Waals surface area contributed by atoms with Crippen LogP contribution in [-0.4, -0.2) is 19.8 Å². The summed E-state index contributed by atoms with van der Waals surface area (Å²) in [6.45, 7) is 2.08. The quantitative estimate of drug-likeness (QED) is 0.497. The van der Waals surface area contributed by atoms with E-state index >= 15 is 0 Å². The van der Waals surface area contributed by atoms with Crippen molar-refractivity contribution in [1.82, 2.24) is 19.8 Å². The third-order valence-corrected chi connectivity index (χ3v) is 4.61. The van der Waals surface area contributed by atoms with E-state index in [9.17, 15) is 0 Å². The topological polar surface area (TPSA) is 55.1 Å². The van der Waals surface area contributed by atoms with Gasteiger partial charge in [0.25, 0.3) is 0 Å². The zero-order valence-electron chi connectivity index (χ0n) is 14.8. The Labute approximate surface area is 156 Å². The highest BCUT2D eigenvalue weighted by atomic mass is 15.4. The second-order valence-electron chi connectivity index (χ2n) is 6.51. The SMILES string of the molecule is Cc1ccc(Nc2nn3c(-c4ccccc4)nnc3c3ccccc23)cc1. The summed E-state index contributed by atoms with van der Waals surface area (Å²) >= 11 is 0. The second kappa shape index (κ2) is 6.21. The Morgan fingerprint density at radius 2 is 1.44 bits per heavy atom. The van der Waals surface area contributed by atoms with E-state index < -0.39 is 0 Å². The minimum absolute atomic E-state index is 0.725. The van der Waals surface area contributed by atoms with Crippen LogP contribution >= 0.6 is 0 Å². The summed E-state index contributed by atoms with van der Waals surface area (Å²) in [5.41, 5.74) is 3.94. The number of hydrogen-bond donors (Lipinski definition) is 1. The molecule has 0 saturated heterocycles. The molecule has 0 aliphatic rings. The van der Waals surface area contributed by atoms with Gasteiger partial charge in [-0.3, -0.25) is 0 Å². The lowest BCUT2D eigenvalue weighted by Gasteiger charge is -2.11. The number of aryl methyl sites for hydroxylation is 1. The standard InChI is InChI=1S/C22H17N5/c1-15-11-13-17(14-12-15)23-20-18-9-5-6-10-19(18)22-25-24-21(27(22)26-20)16-7-3-2-4-8-16/h2-14H,1H3,(H,23,26). The molecule has 0 aliphatic carbocycles. The first-order chi connectivity index (χ1) is 13.3. The fourth-order valence-corrected chi connectivity index (χ4v) is 3.21. The van der Waals surface area contributed by atoms with Crippen LogP contribution < -0.4 is 5.32 Å². The van der Waals surface area contributed by atoms with Crippen molar-refractivity contribution in [3.63, 3.8) is 0 Å². The molecule has 0 aliphatic heterocycles. The van der Waals surface area contributed by atoms with Crippen LogP contribution in [0.4, 0.5) is 11.5 Å². The Hall–Kier alpha value is -3.73. The molecule has 0 bridgehead atoms. The van der Waals surface area contributed by atoms with Gasteiger partial charge in [-0.05, 0) is 19.1 Å². The van der Waals surface area contributed by atoms with Gasteiger partial charge in [-0.2, -0.15) is 4.52 Å². The number of benzene rings is 3. The van der Waals surface area contributed by atoms with Crippen molar-refractivity contribution in [2.75, 3.05) is 5.32 Å². The molecule has 0 fully saturated rings. The first kappa shape index (κ1) is 15.5. The number of anilines is 2. The van der Waals surface area contributed by atoms with Gasteiger partial charge in [-0.15, -0.1) is 15.3 Å². The third-order valence-electron chi connectivity index (χ3n) is 4.61. The van der Waals surface area contributed by atoms with Crippen molar-refractivity contribution in [3.8, 4) is 11.4 Å². The van der Waals surface area contributed by atoms with Crippen LogP contribution in [0.2, 0.25) is 0 Å². The highest BCUT2D eigenvalue weighted by molar-refractivity contribution is 6.01. The lowest BCUT2D eigenvalue weighted by atomic mass is 10.1. The van der Waals surface area contributed by atoms with Gasteiger partial charge in [-0.25, -0.2) is 0 Å². The van der Waals surface area contributed by atoms with Crippen molar-refractivity contribution in [2.45, 2.75) is 6.92 Å². The molecule has 5 nitrogen and oxygen atoms in total. The summed E-state index contributed by atoms with van der Waals surface area (Å²) < 4.78 is 1.81. The summed E-state index contributed by atoms with van der Waals surface area (Å²) in [4.78, 5) is 0. The molecule has 130 valence electrons. The molecule has 2 aromatic heterocycles. The van der Waals surface area contributed by atoms with E-state index in [1.165, 1.54) is 5.56 Å². The Bertz CT molecular complexity index is 1240. The van der Waals surface area contributed by atoms with Crippen molar-refractivity contribution < 1.29 is 0 Å². The van der Waals surface area contributed by atoms with E-state index in [4.69, 9.17) is 5.10 Å². The summed E-state index contributed by atoms with van der Waals surface area (Å²) in [5.74, 6) is 1.50. The molecule has 3 aromatic carbocycles. The predicted molar refractivity (Wildman–Crippen MR) is 108 cm³/mol. The van der Waals surface area contributed by atoms with Crippen molar-refractivity contribution in [2.24, 2.45) is 0 Å². The molecule has 1 N–H and O–H groups in total. The molecule has 2 heterocycles. The number of aromatic nitrogens is 4. The summed E-state index contributed by atoms with van der Waals surface area (Å²) in [6.07, 6.45) is 0. The molecule has 0 spiro atoms. The number of rotatable bonds is 3. The van der Waals surface area contributed by atoms with Gasteiger partial charge in [0.15, 0.2) is 17.3 Å². The summed E-state index contributed by atoms with van der Waals surface area (Å²) in [6, 6.07) is 26.4. The van der Waals surface area contributed by atoms with E-state index in [2.05, 4.69) is 58.8 Å². The van der Waals surface area contributed by atoms with Gasteiger partial charge in [0.1, 0.15) is 0 Å². The molecular weight excluding hydrogens is 334 g/mol. The zero-order valence-corrected chi connectivity index (χ0v) is 14.8. The molecule has 5 aromatic rings.